The number of hydrogen-bond donors (Lipinski definition) is 0. The third-order valence-corrected chi connectivity index (χ3v) is 4.77. The topological polar surface area (TPSA) is 57.2 Å². The van der Waals surface area contributed by atoms with Gasteiger partial charge in [0.1, 0.15) is 0 Å². The van der Waals surface area contributed by atoms with Crippen molar-refractivity contribution in [3.8, 4) is 0 Å². The lowest BCUT2D eigenvalue weighted by molar-refractivity contribution is -0.928. The highest BCUT2D eigenvalue weighted by Crippen LogP contribution is 2.16. The SMILES string of the molecule is CCCC[N+](CCCC)(CCCC)CCCS(=O)(=O)[O-]. The Morgan fingerprint density at radius 3 is 1.40 bits per heavy atom. The van der Waals surface area contributed by atoms with Crippen molar-refractivity contribution >= 4 is 10.1 Å². The van der Waals surface area contributed by atoms with E-state index in [1.54, 1.807) is 0 Å². The second-order valence-electron chi connectivity index (χ2n) is 5.91. The molecule has 0 amide bonds. The van der Waals surface area contributed by atoms with Gasteiger partial charge in [0, 0.05) is 12.2 Å². The van der Waals surface area contributed by atoms with Crippen molar-refractivity contribution in [3.63, 3.8) is 0 Å². The Kier molecular flexibility index (Phi) is 10.5. The van der Waals surface area contributed by atoms with Crippen LogP contribution in [0.3, 0.4) is 0 Å². The molecule has 0 spiro atoms. The van der Waals surface area contributed by atoms with Crippen LogP contribution >= 0.6 is 0 Å². The van der Waals surface area contributed by atoms with Crippen LogP contribution in [0.2, 0.25) is 0 Å². The fourth-order valence-electron chi connectivity index (χ4n) is 2.73. The minimum absolute atomic E-state index is 0.211. The molecule has 122 valence electrons. The molecule has 4 nitrogen and oxygen atoms in total. The fraction of sp³-hybridized carbons (Fsp3) is 1.00. The van der Waals surface area contributed by atoms with Crippen molar-refractivity contribution in [2.75, 3.05) is 31.9 Å². The molecule has 0 unspecified atom stereocenters. The molecule has 0 heterocycles. The highest BCUT2D eigenvalue weighted by molar-refractivity contribution is 7.85. The van der Waals surface area contributed by atoms with Gasteiger partial charge in [0.25, 0.3) is 0 Å². The number of quaternary nitrogens is 1. The Morgan fingerprint density at radius 1 is 0.750 bits per heavy atom. The first-order valence-electron chi connectivity index (χ1n) is 8.17. The number of hydrogen-bond acceptors (Lipinski definition) is 3. The van der Waals surface area contributed by atoms with Gasteiger partial charge in [-0.3, -0.25) is 0 Å². The molecule has 0 fully saturated rings. The summed E-state index contributed by atoms with van der Waals surface area (Å²) in [6.07, 6.45) is 7.53. The van der Waals surface area contributed by atoms with Gasteiger partial charge < -0.3 is 9.04 Å². The number of nitrogens with zero attached hydrogens (tertiary/aromatic N) is 1. The molecule has 0 aliphatic heterocycles. The third-order valence-electron chi connectivity index (χ3n) is 3.98. The fourth-order valence-corrected chi connectivity index (χ4v) is 3.21. The Bertz CT molecular complexity index is 306. The van der Waals surface area contributed by atoms with E-state index in [1.165, 1.54) is 19.3 Å². The highest BCUT2D eigenvalue weighted by Gasteiger charge is 2.25. The predicted octanol–water partition coefficient (Wildman–Crippen LogP) is 3.14. The number of rotatable bonds is 13. The van der Waals surface area contributed by atoms with E-state index in [4.69, 9.17) is 0 Å². The summed E-state index contributed by atoms with van der Waals surface area (Å²) in [5.41, 5.74) is 0. The molecule has 5 heteroatoms. The third kappa shape index (κ3) is 9.72. The van der Waals surface area contributed by atoms with E-state index in [2.05, 4.69) is 20.8 Å². The largest absolute Gasteiger partial charge is 0.748 e. The molecule has 0 saturated carbocycles. The second kappa shape index (κ2) is 10.6. The first-order valence-corrected chi connectivity index (χ1v) is 9.75. The van der Waals surface area contributed by atoms with Crippen molar-refractivity contribution in [2.45, 2.75) is 65.7 Å². The van der Waals surface area contributed by atoms with Gasteiger partial charge in [-0.15, -0.1) is 0 Å². The summed E-state index contributed by atoms with van der Waals surface area (Å²) in [5, 5.41) is 0. The van der Waals surface area contributed by atoms with Crippen LogP contribution in [0.25, 0.3) is 0 Å². The summed E-state index contributed by atoms with van der Waals surface area (Å²) in [7, 11) is -4.07. The standard InChI is InChI=1S/C15H33NO3S/c1-4-7-11-16(12-8-5-2,13-9-6-3)14-10-15-20(17,18)19/h4-15H2,1-3H3. The van der Waals surface area contributed by atoms with Gasteiger partial charge in [0.05, 0.1) is 36.3 Å². The number of unbranched alkanes of at least 4 members (excludes halogenated alkanes) is 3. The zero-order valence-corrected chi connectivity index (χ0v) is 14.4. The van der Waals surface area contributed by atoms with E-state index in [0.29, 0.717) is 6.42 Å². The van der Waals surface area contributed by atoms with Gasteiger partial charge in [0.15, 0.2) is 0 Å². The quantitative estimate of drug-likeness (QED) is 0.388. The highest BCUT2D eigenvalue weighted by atomic mass is 32.2. The van der Waals surface area contributed by atoms with Crippen LogP contribution in [0.4, 0.5) is 0 Å². The molecular formula is C15H33NO3S. The first kappa shape index (κ1) is 19.9. The van der Waals surface area contributed by atoms with E-state index < -0.39 is 10.1 Å². The summed E-state index contributed by atoms with van der Waals surface area (Å²) < 4.78 is 33.4. The van der Waals surface area contributed by atoms with Gasteiger partial charge in [0.2, 0.25) is 0 Å². The maximum Gasteiger partial charge on any atom is 0.0948 e. The average Bonchev–Trinajstić information content (AvgIpc) is 2.38. The molecular weight excluding hydrogens is 274 g/mol. The monoisotopic (exact) mass is 307 g/mol. The lowest BCUT2D eigenvalue weighted by atomic mass is 10.1. The van der Waals surface area contributed by atoms with E-state index in [-0.39, 0.29) is 5.75 Å². The van der Waals surface area contributed by atoms with Crippen LogP contribution in [0.15, 0.2) is 0 Å². The van der Waals surface area contributed by atoms with Crippen LogP contribution in [-0.2, 0) is 10.1 Å². The lowest BCUT2D eigenvalue weighted by Crippen LogP contribution is -2.51. The zero-order valence-electron chi connectivity index (χ0n) is 13.6. The summed E-state index contributed by atoms with van der Waals surface area (Å²) >= 11 is 0. The molecule has 0 radical (unpaired) electrons. The van der Waals surface area contributed by atoms with Crippen molar-refractivity contribution < 1.29 is 17.5 Å². The van der Waals surface area contributed by atoms with E-state index in [1.807, 2.05) is 0 Å². The maximum absolute atomic E-state index is 10.8. The van der Waals surface area contributed by atoms with Crippen LogP contribution in [0.1, 0.15) is 65.7 Å². The molecule has 0 rings (SSSR count). The molecule has 0 bridgehead atoms. The first-order chi connectivity index (χ1) is 9.39. The Balaban J connectivity index is 4.65. The minimum atomic E-state index is -4.07. The molecule has 0 N–H and O–H groups in total. The molecule has 0 aromatic carbocycles. The van der Waals surface area contributed by atoms with Gasteiger partial charge in [-0.1, -0.05) is 40.0 Å². The minimum Gasteiger partial charge on any atom is -0.748 e. The molecule has 0 aromatic heterocycles. The molecule has 0 aliphatic rings. The van der Waals surface area contributed by atoms with E-state index in [0.717, 1.165) is 49.9 Å². The summed E-state index contributed by atoms with van der Waals surface area (Å²) in [6.45, 7) is 10.8. The van der Waals surface area contributed by atoms with Crippen LogP contribution in [0.5, 0.6) is 0 Å². The summed E-state index contributed by atoms with van der Waals surface area (Å²) in [5.74, 6) is -0.211. The van der Waals surface area contributed by atoms with Crippen molar-refractivity contribution in [3.05, 3.63) is 0 Å². The Morgan fingerprint density at radius 2 is 1.10 bits per heavy atom. The second-order valence-corrected chi connectivity index (χ2v) is 7.44. The summed E-state index contributed by atoms with van der Waals surface area (Å²) in [4.78, 5) is 0. The predicted molar refractivity (Wildman–Crippen MR) is 83.6 cm³/mol. The average molecular weight is 307 g/mol. The van der Waals surface area contributed by atoms with Crippen LogP contribution in [-0.4, -0.2) is 49.4 Å². The molecule has 0 saturated heterocycles. The normalized spacial score (nSPS) is 12.8. The zero-order chi connectivity index (χ0) is 15.5. The smallest absolute Gasteiger partial charge is 0.0948 e. The maximum atomic E-state index is 10.8. The van der Waals surface area contributed by atoms with E-state index >= 15 is 0 Å². The van der Waals surface area contributed by atoms with Gasteiger partial charge in [-0.25, -0.2) is 8.42 Å². The van der Waals surface area contributed by atoms with Gasteiger partial charge in [-0.05, 0) is 19.3 Å². The summed E-state index contributed by atoms with van der Waals surface area (Å²) in [6, 6.07) is 0. The molecule has 0 atom stereocenters. The molecule has 0 aromatic rings. The Labute approximate surface area is 125 Å². The van der Waals surface area contributed by atoms with Crippen molar-refractivity contribution in [1.82, 2.24) is 0 Å². The van der Waals surface area contributed by atoms with Crippen molar-refractivity contribution in [2.24, 2.45) is 0 Å². The Hall–Kier alpha value is -0.130. The van der Waals surface area contributed by atoms with Crippen molar-refractivity contribution in [1.29, 1.82) is 0 Å². The molecule has 20 heavy (non-hydrogen) atoms. The van der Waals surface area contributed by atoms with Gasteiger partial charge >= 0.3 is 0 Å². The lowest BCUT2D eigenvalue weighted by Gasteiger charge is -2.39. The van der Waals surface area contributed by atoms with E-state index in [9.17, 15) is 13.0 Å². The van der Waals surface area contributed by atoms with Crippen LogP contribution < -0.4 is 0 Å². The van der Waals surface area contributed by atoms with Crippen LogP contribution in [0, 0.1) is 0 Å². The van der Waals surface area contributed by atoms with Gasteiger partial charge in [-0.2, -0.15) is 0 Å². The molecule has 0 aliphatic carbocycles.